The van der Waals surface area contributed by atoms with Crippen molar-refractivity contribution < 1.29 is 17.9 Å². The van der Waals surface area contributed by atoms with E-state index in [1.54, 1.807) is 18.3 Å². The van der Waals surface area contributed by atoms with Crippen molar-refractivity contribution in [3.05, 3.63) is 59.9 Å². The molecule has 1 atom stereocenters. The van der Waals surface area contributed by atoms with E-state index in [2.05, 4.69) is 9.72 Å². The Morgan fingerprint density at radius 1 is 1.24 bits per heavy atom. The number of benzene rings is 1. The first-order valence-corrected chi connectivity index (χ1v) is 9.52. The molecule has 0 amide bonds. The zero-order chi connectivity index (χ0) is 18.0. The van der Waals surface area contributed by atoms with Gasteiger partial charge >= 0.3 is 5.97 Å². The Morgan fingerprint density at radius 2 is 2.00 bits per heavy atom. The number of pyridine rings is 1. The van der Waals surface area contributed by atoms with Crippen molar-refractivity contribution >= 4 is 16.0 Å². The number of ether oxygens (including phenoxy) is 1. The van der Waals surface area contributed by atoms with Crippen molar-refractivity contribution in [2.24, 2.45) is 0 Å². The summed E-state index contributed by atoms with van der Waals surface area (Å²) in [5, 5.41) is 0. The number of rotatable bonds is 6. The Bertz CT molecular complexity index is 864. The molecule has 0 aliphatic heterocycles. The van der Waals surface area contributed by atoms with Gasteiger partial charge in [0.1, 0.15) is 0 Å². The summed E-state index contributed by atoms with van der Waals surface area (Å²) in [5.74, 6) is -0.562. The summed E-state index contributed by atoms with van der Waals surface area (Å²) in [6.45, 7) is 1.84. The first kappa shape index (κ1) is 17.6. The van der Waals surface area contributed by atoms with E-state index < -0.39 is 16.0 Å². The molecule has 0 radical (unpaired) electrons. The second-order valence-corrected chi connectivity index (χ2v) is 7.86. The summed E-state index contributed by atoms with van der Waals surface area (Å²) in [6, 6.07) is 11.0. The lowest BCUT2D eigenvalue weighted by molar-refractivity contribution is 0.0600. The molecular formula is C18H20N2O4S. The molecule has 0 spiro atoms. The average molecular weight is 360 g/mol. The Balaban J connectivity index is 2.00. The minimum absolute atomic E-state index is 0.0382. The minimum Gasteiger partial charge on any atom is -0.465 e. The molecule has 3 rings (SSSR count). The zero-order valence-electron chi connectivity index (χ0n) is 14.1. The van der Waals surface area contributed by atoms with Crippen LogP contribution in [0.2, 0.25) is 0 Å². The normalized spacial score (nSPS) is 15.8. The first-order valence-electron chi connectivity index (χ1n) is 8.08. The van der Waals surface area contributed by atoms with E-state index in [0.717, 1.165) is 12.8 Å². The molecule has 0 bridgehead atoms. The largest absolute Gasteiger partial charge is 0.465 e. The van der Waals surface area contributed by atoms with E-state index in [4.69, 9.17) is 0 Å². The standard InChI is InChI=1S/C18H20N2O4S/c1-13(17-8-3-4-11-19-17)20(15-9-10-15)25(22,23)16-7-5-6-14(12-16)18(21)24-2/h3-8,11-13,15H,9-10H2,1-2H3. The van der Waals surface area contributed by atoms with Crippen molar-refractivity contribution in [1.82, 2.24) is 9.29 Å². The van der Waals surface area contributed by atoms with Crippen LogP contribution >= 0.6 is 0 Å². The molecule has 7 heteroatoms. The summed E-state index contributed by atoms with van der Waals surface area (Å²) >= 11 is 0. The van der Waals surface area contributed by atoms with Crippen molar-refractivity contribution in [1.29, 1.82) is 0 Å². The smallest absolute Gasteiger partial charge is 0.337 e. The molecule has 1 aliphatic carbocycles. The Labute approximate surface area is 147 Å². The second-order valence-electron chi connectivity index (χ2n) is 6.02. The van der Waals surface area contributed by atoms with Crippen LogP contribution in [0.25, 0.3) is 0 Å². The Morgan fingerprint density at radius 3 is 2.60 bits per heavy atom. The third kappa shape index (κ3) is 3.57. The molecule has 1 saturated carbocycles. The van der Waals surface area contributed by atoms with Crippen LogP contribution in [0.3, 0.4) is 0 Å². The highest BCUT2D eigenvalue weighted by Gasteiger charge is 2.42. The molecule has 1 fully saturated rings. The summed E-state index contributed by atoms with van der Waals surface area (Å²) in [5.41, 5.74) is 0.909. The number of methoxy groups -OCH3 is 1. The van der Waals surface area contributed by atoms with Crippen LogP contribution in [-0.2, 0) is 14.8 Å². The molecule has 0 N–H and O–H groups in total. The second kappa shape index (κ2) is 6.93. The average Bonchev–Trinajstić information content (AvgIpc) is 3.46. The fourth-order valence-electron chi connectivity index (χ4n) is 2.83. The highest BCUT2D eigenvalue weighted by molar-refractivity contribution is 7.89. The van der Waals surface area contributed by atoms with Gasteiger partial charge in [0.15, 0.2) is 0 Å². The van der Waals surface area contributed by atoms with Gasteiger partial charge in [-0.25, -0.2) is 13.2 Å². The van der Waals surface area contributed by atoms with Gasteiger partial charge in [0.25, 0.3) is 0 Å². The quantitative estimate of drug-likeness (QED) is 0.741. The van der Waals surface area contributed by atoms with E-state index in [1.807, 2.05) is 19.1 Å². The van der Waals surface area contributed by atoms with Gasteiger partial charge in [-0.2, -0.15) is 4.31 Å². The number of sulfonamides is 1. The maximum atomic E-state index is 13.2. The molecule has 1 aromatic carbocycles. The van der Waals surface area contributed by atoms with Crippen molar-refractivity contribution in [2.45, 2.75) is 36.7 Å². The van der Waals surface area contributed by atoms with Gasteiger partial charge in [-0.05, 0) is 50.1 Å². The van der Waals surface area contributed by atoms with Gasteiger partial charge in [-0.3, -0.25) is 4.98 Å². The maximum Gasteiger partial charge on any atom is 0.337 e. The minimum atomic E-state index is -3.76. The summed E-state index contributed by atoms with van der Waals surface area (Å²) in [7, 11) is -2.50. The maximum absolute atomic E-state index is 13.2. The van der Waals surface area contributed by atoms with E-state index in [9.17, 15) is 13.2 Å². The number of hydrogen-bond donors (Lipinski definition) is 0. The predicted molar refractivity (Wildman–Crippen MR) is 92.5 cm³/mol. The number of nitrogens with zero attached hydrogens (tertiary/aromatic N) is 2. The number of esters is 1. The monoisotopic (exact) mass is 360 g/mol. The fourth-order valence-corrected chi connectivity index (χ4v) is 4.72. The van der Waals surface area contributed by atoms with Gasteiger partial charge < -0.3 is 4.74 Å². The van der Waals surface area contributed by atoms with E-state index in [-0.39, 0.29) is 22.5 Å². The third-order valence-electron chi connectivity index (χ3n) is 4.23. The number of hydrogen-bond acceptors (Lipinski definition) is 5. The van der Waals surface area contributed by atoms with Crippen LogP contribution in [0.4, 0.5) is 0 Å². The first-order chi connectivity index (χ1) is 11.9. The lowest BCUT2D eigenvalue weighted by Gasteiger charge is -2.28. The van der Waals surface area contributed by atoms with Gasteiger partial charge in [0.05, 0.1) is 29.3 Å². The van der Waals surface area contributed by atoms with Gasteiger partial charge in [-0.1, -0.05) is 12.1 Å². The molecule has 1 aliphatic rings. The lowest BCUT2D eigenvalue weighted by Crippen LogP contribution is -2.36. The number of aromatic nitrogens is 1. The highest BCUT2D eigenvalue weighted by Crippen LogP contribution is 2.38. The number of carbonyl (C=O) groups is 1. The molecule has 6 nitrogen and oxygen atoms in total. The Kier molecular flexibility index (Phi) is 4.87. The SMILES string of the molecule is COC(=O)c1cccc(S(=O)(=O)N(C2CC2)C(C)c2ccccn2)c1. The van der Waals surface area contributed by atoms with Gasteiger partial charge in [-0.15, -0.1) is 0 Å². The molecule has 132 valence electrons. The summed E-state index contributed by atoms with van der Waals surface area (Å²) in [6.07, 6.45) is 3.31. The molecule has 0 saturated heterocycles. The topological polar surface area (TPSA) is 76.6 Å². The molecule has 1 heterocycles. The van der Waals surface area contributed by atoms with Crippen molar-refractivity contribution in [3.8, 4) is 0 Å². The summed E-state index contributed by atoms with van der Waals surface area (Å²) < 4.78 is 32.7. The van der Waals surface area contributed by atoms with Gasteiger partial charge in [0, 0.05) is 12.2 Å². The third-order valence-corrected chi connectivity index (χ3v) is 6.25. The van der Waals surface area contributed by atoms with E-state index in [1.165, 1.54) is 29.6 Å². The predicted octanol–water partition coefficient (Wildman–Crippen LogP) is 2.78. The van der Waals surface area contributed by atoms with Crippen LogP contribution in [0, 0.1) is 0 Å². The Hall–Kier alpha value is -2.25. The molecule has 1 aromatic heterocycles. The lowest BCUT2D eigenvalue weighted by atomic mass is 10.2. The highest BCUT2D eigenvalue weighted by atomic mass is 32.2. The van der Waals surface area contributed by atoms with Crippen molar-refractivity contribution in [2.75, 3.05) is 7.11 Å². The fraction of sp³-hybridized carbons (Fsp3) is 0.333. The van der Waals surface area contributed by atoms with Crippen LogP contribution in [-0.4, -0.2) is 36.8 Å². The molecule has 2 aromatic rings. The van der Waals surface area contributed by atoms with Crippen LogP contribution in [0.1, 0.15) is 41.9 Å². The van der Waals surface area contributed by atoms with E-state index >= 15 is 0 Å². The van der Waals surface area contributed by atoms with Crippen LogP contribution < -0.4 is 0 Å². The summed E-state index contributed by atoms with van der Waals surface area (Å²) in [4.78, 5) is 16.1. The zero-order valence-corrected chi connectivity index (χ0v) is 14.9. The van der Waals surface area contributed by atoms with Gasteiger partial charge in [0.2, 0.25) is 10.0 Å². The molecule has 25 heavy (non-hydrogen) atoms. The van der Waals surface area contributed by atoms with Crippen LogP contribution in [0.15, 0.2) is 53.6 Å². The van der Waals surface area contributed by atoms with Crippen LogP contribution in [0.5, 0.6) is 0 Å². The van der Waals surface area contributed by atoms with E-state index in [0.29, 0.717) is 5.69 Å². The van der Waals surface area contributed by atoms with Crippen molar-refractivity contribution in [3.63, 3.8) is 0 Å². The molecule has 1 unspecified atom stereocenters. The molecular weight excluding hydrogens is 340 g/mol. The number of carbonyl (C=O) groups excluding carboxylic acids is 1.